The molecule has 7 nitrogen and oxygen atoms in total. The Morgan fingerprint density at radius 1 is 1.41 bits per heavy atom. The highest BCUT2D eigenvalue weighted by atomic mass is 16.3. The Morgan fingerprint density at radius 3 is 3.00 bits per heavy atom. The second kappa shape index (κ2) is 6.60. The normalized spacial score (nSPS) is 17.5. The van der Waals surface area contributed by atoms with Gasteiger partial charge in [-0.15, -0.1) is 0 Å². The van der Waals surface area contributed by atoms with Gasteiger partial charge in [0, 0.05) is 38.6 Å². The summed E-state index contributed by atoms with van der Waals surface area (Å²) in [6.45, 7) is 4.17. The number of aromatic nitrogens is 4. The van der Waals surface area contributed by atoms with E-state index in [1.807, 2.05) is 35.9 Å². The van der Waals surface area contributed by atoms with Crippen LogP contribution in [0.5, 0.6) is 0 Å². The summed E-state index contributed by atoms with van der Waals surface area (Å²) in [6, 6.07) is 2.04. The molecule has 120 valence electrons. The summed E-state index contributed by atoms with van der Waals surface area (Å²) in [6.07, 6.45) is 4.16. The Kier molecular flexibility index (Phi) is 4.56. The van der Waals surface area contributed by atoms with Crippen molar-refractivity contribution in [1.29, 1.82) is 0 Å². The van der Waals surface area contributed by atoms with E-state index in [-0.39, 0.29) is 0 Å². The molecular weight excluding hydrogens is 280 g/mol. The van der Waals surface area contributed by atoms with E-state index in [9.17, 15) is 5.11 Å². The van der Waals surface area contributed by atoms with Gasteiger partial charge in [0.05, 0.1) is 17.9 Å². The third kappa shape index (κ3) is 3.55. The van der Waals surface area contributed by atoms with Gasteiger partial charge < -0.3 is 15.0 Å². The van der Waals surface area contributed by atoms with Crippen LogP contribution in [-0.4, -0.2) is 61.8 Å². The van der Waals surface area contributed by atoms with Gasteiger partial charge in [-0.3, -0.25) is 9.58 Å². The maximum Gasteiger partial charge on any atom is 0.120 e. The minimum absolute atomic E-state index is 0.534. The number of aryl methyl sites for hydroxylation is 1. The molecule has 0 fully saturated rings. The van der Waals surface area contributed by atoms with Crippen molar-refractivity contribution in [3.63, 3.8) is 0 Å². The molecule has 1 aliphatic heterocycles. The number of fused-ring (bicyclic) bond motifs is 1. The predicted octanol–water partition coefficient (Wildman–Crippen LogP) is 0.607. The summed E-state index contributed by atoms with van der Waals surface area (Å²) in [4.78, 5) is 11.8. The second-order valence-corrected chi connectivity index (χ2v) is 6.16. The van der Waals surface area contributed by atoms with Gasteiger partial charge in [0.25, 0.3) is 0 Å². The quantitative estimate of drug-likeness (QED) is 0.846. The number of likely N-dealkylation sites (N-methyl/N-ethyl adjacent to an activating group) is 1. The number of aromatic amines is 1. The molecule has 1 unspecified atom stereocenters. The third-order valence-electron chi connectivity index (χ3n) is 3.92. The van der Waals surface area contributed by atoms with E-state index >= 15 is 0 Å². The molecule has 1 atom stereocenters. The van der Waals surface area contributed by atoms with Gasteiger partial charge in [0.15, 0.2) is 0 Å². The topological polar surface area (TPSA) is 73.2 Å². The van der Waals surface area contributed by atoms with Gasteiger partial charge in [0.1, 0.15) is 11.9 Å². The monoisotopic (exact) mass is 304 g/mol. The summed E-state index contributed by atoms with van der Waals surface area (Å²) < 4.78 is 2.04. The van der Waals surface area contributed by atoms with E-state index in [0.717, 1.165) is 49.8 Å². The van der Waals surface area contributed by atoms with Crippen LogP contribution in [0, 0.1) is 0 Å². The fourth-order valence-electron chi connectivity index (χ4n) is 2.88. The molecule has 0 aromatic carbocycles. The molecule has 2 N–H and O–H groups in total. The highest BCUT2D eigenvalue weighted by Gasteiger charge is 2.20. The predicted molar refractivity (Wildman–Crippen MR) is 83.1 cm³/mol. The first kappa shape index (κ1) is 15.2. The summed E-state index contributed by atoms with van der Waals surface area (Å²) in [5.74, 6) is 0.987. The molecule has 0 saturated carbocycles. The Hall–Kier alpha value is -1.70. The molecule has 3 rings (SSSR count). The van der Waals surface area contributed by atoms with Crippen LogP contribution in [0.3, 0.4) is 0 Å². The molecule has 2 aromatic heterocycles. The minimum Gasteiger partial charge on any atom is -0.385 e. The molecule has 1 aliphatic rings. The Labute approximate surface area is 130 Å². The van der Waals surface area contributed by atoms with Crippen LogP contribution in [0.1, 0.15) is 29.7 Å². The number of nitrogens with zero attached hydrogens (tertiary/aromatic N) is 5. The van der Waals surface area contributed by atoms with Gasteiger partial charge in [-0.05, 0) is 26.6 Å². The first-order valence-corrected chi connectivity index (χ1v) is 7.72. The first-order valence-electron chi connectivity index (χ1n) is 7.72. The summed E-state index contributed by atoms with van der Waals surface area (Å²) >= 11 is 0. The second-order valence-electron chi connectivity index (χ2n) is 6.16. The largest absolute Gasteiger partial charge is 0.385 e. The van der Waals surface area contributed by atoms with Crippen LogP contribution < -0.4 is 0 Å². The van der Waals surface area contributed by atoms with Gasteiger partial charge in [-0.25, -0.2) is 4.98 Å². The van der Waals surface area contributed by atoms with Crippen molar-refractivity contribution in [2.24, 2.45) is 0 Å². The average molecular weight is 304 g/mol. The number of hydrogen-bond acceptors (Lipinski definition) is 5. The van der Waals surface area contributed by atoms with Crippen molar-refractivity contribution in [2.75, 3.05) is 27.2 Å². The summed E-state index contributed by atoms with van der Waals surface area (Å²) in [5, 5.41) is 14.8. The standard InChI is InChI=1S/C15H24N6O/c1-19(2)10-14(22)13-8-12-9-20(6-3-7-21(12)18-13)11-15-16-4-5-17-15/h4-5,8,14,22H,3,6-7,9-11H2,1-2H3,(H,16,17). The Bertz CT molecular complexity index is 591. The maximum absolute atomic E-state index is 10.2. The molecule has 0 spiro atoms. The molecule has 2 aromatic rings. The number of rotatable bonds is 5. The highest BCUT2D eigenvalue weighted by Crippen LogP contribution is 2.19. The van der Waals surface area contributed by atoms with Gasteiger partial charge in [0.2, 0.25) is 0 Å². The smallest absolute Gasteiger partial charge is 0.120 e. The lowest BCUT2D eigenvalue weighted by molar-refractivity contribution is 0.133. The minimum atomic E-state index is -0.534. The number of aliphatic hydroxyl groups excluding tert-OH is 1. The average Bonchev–Trinajstić information content (AvgIpc) is 3.05. The molecule has 0 aliphatic carbocycles. The van der Waals surface area contributed by atoms with Gasteiger partial charge in [-0.2, -0.15) is 5.10 Å². The van der Waals surface area contributed by atoms with Crippen LogP contribution in [-0.2, 0) is 19.6 Å². The fraction of sp³-hybridized carbons (Fsp3) is 0.600. The van der Waals surface area contributed by atoms with Crippen molar-refractivity contribution in [1.82, 2.24) is 29.5 Å². The van der Waals surface area contributed by atoms with Crippen molar-refractivity contribution >= 4 is 0 Å². The van der Waals surface area contributed by atoms with E-state index in [1.165, 1.54) is 0 Å². The molecule has 0 bridgehead atoms. The van der Waals surface area contributed by atoms with Crippen LogP contribution >= 0.6 is 0 Å². The molecule has 7 heteroatoms. The van der Waals surface area contributed by atoms with Crippen LogP contribution in [0.2, 0.25) is 0 Å². The third-order valence-corrected chi connectivity index (χ3v) is 3.92. The lowest BCUT2D eigenvalue weighted by Gasteiger charge is -2.17. The van der Waals surface area contributed by atoms with E-state index in [1.54, 1.807) is 6.20 Å². The van der Waals surface area contributed by atoms with Crippen LogP contribution in [0.15, 0.2) is 18.5 Å². The van der Waals surface area contributed by atoms with Gasteiger partial charge >= 0.3 is 0 Å². The van der Waals surface area contributed by atoms with Crippen LogP contribution in [0.25, 0.3) is 0 Å². The van der Waals surface area contributed by atoms with Crippen LogP contribution in [0.4, 0.5) is 0 Å². The SMILES string of the molecule is CN(C)CC(O)c1cc2n(n1)CCCN(Cc1ncc[nH]1)C2. The van der Waals surface area contributed by atoms with E-state index in [0.29, 0.717) is 6.54 Å². The number of aliphatic hydroxyl groups is 1. The molecule has 3 heterocycles. The molecule has 0 amide bonds. The molecule has 0 saturated heterocycles. The van der Waals surface area contributed by atoms with Crippen molar-refractivity contribution < 1.29 is 5.11 Å². The zero-order valence-electron chi connectivity index (χ0n) is 13.2. The zero-order chi connectivity index (χ0) is 15.5. The fourth-order valence-corrected chi connectivity index (χ4v) is 2.88. The highest BCUT2D eigenvalue weighted by molar-refractivity contribution is 5.14. The number of imidazole rings is 1. The zero-order valence-corrected chi connectivity index (χ0v) is 13.2. The van der Waals surface area contributed by atoms with Crippen molar-refractivity contribution in [3.8, 4) is 0 Å². The van der Waals surface area contributed by atoms with Gasteiger partial charge in [-0.1, -0.05) is 0 Å². The van der Waals surface area contributed by atoms with E-state index < -0.39 is 6.10 Å². The Morgan fingerprint density at radius 2 is 2.27 bits per heavy atom. The molecule has 22 heavy (non-hydrogen) atoms. The van der Waals surface area contributed by atoms with Crippen molar-refractivity contribution in [3.05, 3.63) is 35.7 Å². The number of hydrogen-bond donors (Lipinski definition) is 2. The molecular formula is C15H24N6O. The van der Waals surface area contributed by atoms with E-state index in [4.69, 9.17) is 0 Å². The van der Waals surface area contributed by atoms with Crippen molar-refractivity contribution in [2.45, 2.75) is 32.2 Å². The number of nitrogens with one attached hydrogen (secondary N) is 1. The lowest BCUT2D eigenvalue weighted by atomic mass is 10.2. The Balaban J connectivity index is 1.71. The number of H-pyrrole nitrogens is 1. The van der Waals surface area contributed by atoms with E-state index in [2.05, 4.69) is 20.0 Å². The maximum atomic E-state index is 10.2. The molecule has 0 radical (unpaired) electrons. The lowest BCUT2D eigenvalue weighted by Crippen LogP contribution is -2.23. The first-order chi connectivity index (χ1) is 10.6. The summed E-state index contributed by atoms with van der Waals surface area (Å²) in [7, 11) is 3.91. The summed E-state index contributed by atoms with van der Waals surface area (Å²) in [5.41, 5.74) is 1.93.